The van der Waals surface area contributed by atoms with E-state index in [9.17, 15) is 4.79 Å². The van der Waals surface area contributed by atoms with Crippen molar-refractivity contribution < 1.29 is 0 Å². The number of rotatable bonds is 6. The van der Waals surface area contributed by atoms with E-state index in [0.29, 0.717) is 0 Å². The maximum Gasteiger partial charge on any atom is 0.250 e. The molecule has 0 amide bonds. The molecule has 0 aliphatic carbocycles. The number of nitrogens with zero attached hydrogens (tertiary/aromatic N) is 2. The molecule has 16 heavy (non-hydrogen) atoms. The lowest BCUT2D eigenvalue weighted by Crippen LogP contribution is -2.22. The Balaban J connectivity index is 2.63. The fourth-order valence-corrected chi connectivity index (χ4v) is 1.57. The number of pyridine rings is 1. The molecule has 1 aromatic heterocycles. The fraction of sp³-hybridized carbons (Fsp3) is 0.583. The minimum atomic E-state index is 0.0698. The SMILES string of the molecule is CCNc1ccc(=O)n(CCCN(C)C)c1. The van der Waals surface area contributed by atoms with E-state index < -0.39 is 0 Å². The Labute approximate surface area is 96.9 Å². The van der Waals surface area contributed by atoms with Crippen LogP contribution in [0.1, 0.15) is 13.3 Å². The van der Waals surface area contributed by atoms with E-state index in [2.05, 4.69) is 10.2 Å². The lowest BCUT2D eigenvalue weighted by Gasteiger charge is -2.11. The molecule has 0 spiro atoms. The number of hydrogen-bond acceptors (Lipinski definition) is 3. The van der Waals surface area contributed by atoms with Gasteiger partial charge in [0.15, 0.2) is 0 Å². The van der Waals surface area contributed by atoms with E-state index in [1.54, 1.807) is 10.6 Å². The average molecular weight is 223 g/mol. The van der Waals surface area contributed by atoms with Gasteiger partial charge in [-0.05, 0) is 40.1 Å². The molecule has 0 unspecified atom stereocenters. The zero-order valence-corrected chi connectivity index (χ0v) is 10.4. The molecule has 0 atom stereocenters. The van der Waals surface area contributed by atoms with Crippen LogP contribution >= 0.6 is 0 Å². The Morgan fingerprint density at radius 2 is 2.12 bits per heavy atom. The summed E-state index contributed by atoms with van der Waals surface area (Å²) in [5.41, 5.74) is 1.08. The van der Waals surface area contributed by atoms with Crippen LogP contribution in [0.5, 0.6) is 0 Å². The molecule has 0 radical (unpaired) electrons. The van der Waals surface area contributed by atoms with Gasteiger partial charge in [-0.1, -0.05) is 0 Å². The van der Waals surface area contributed by atoms with Gasteiger partial charge in [0.05, 0.1) is 5.69 Å². The third kappa shape index (κ3) is 4.06. The summed E-state index contributed by atoms with van der Waals surface area (Å²) in [6.45, 7) is 4.69. The third-order valence-corrected chi connectivity index (χ3v) is 2.37. The Morgan fingerprint density at radius 1 is 1.38 bits per heavy atom. The highest BCUT2D eigenvalue weighted by Gasteiger charge is 1.98. The molecule has 0 aromatic carbocycles. The van der Waals surface area contributed by atoms with E-state index >= 15 is 0 Å². The van der Waals surface area contributed by atoms with Gasteiger partial charge in [0.1, 0.15) is 0 Å². The van der Waals surface area contributed by atoms with Crippen LogP contribution in [-0.4, -0.2) is 36.7 Å². The summed E-state index contributed by atoms with van der Waals surface area (Å²) in [6, 6.07) is 3.45. The fourth-order valence-electron chi connectivity index (χ4n) is 1.57. The predicted octanol–water partition coefficient (Wildman–Crippen LogP) is 1.23. The first-order valence-corrected chi connectivity index (χ1v) is 5.72. The van der Waals surface area contributed by atoms with Crippen LogP contribution in [0.2, 0.25) is 0 Å². The van der Waals surface area contributed by atoms with Crippen molar-refractivity contribution in [2.24, 2.45) is 0 Å². The molecule has 0 bridgehead atoms. The second-order valence-corrected chi connectivity index (χ2v) is 4.14. The van der Waals surface area contributed by atoms with Crippen molar-refractivity contribution in [3.63, 3.8) is 0 Å². The van der Waals surface area contributed by atoms with E-state index in [-0.39, 0.29) is 5.56 Å². The molecule has 4 heteroatoms. The molecule has 90 valence electrons. The monoisotopic (exact) mass is 223 g/mol. The standard InChI is InChI=1S/C12H21N3O/c1-4-13-11-6-7-12(16)15(10-11)9-5-8-14(2)3/h6-7,10,13H,4-5,8-9H2,1-3H3. The van der Waals surface area contributed by atoms with Gasteiger partial charge in [0.25, 0.3) is 5.56 Å². The van der Waals surface area contributed by atoms with Crippen molar-refractivity contribution in [1.82, 2.24) is 9.47 Å². The van der Waals surface area contributed by atoms with Gasteiger partial charge in [0, 0.05) is 25.4 Å². The largest absolute Gasteiger partial charge is 0.384 e. The normalized spacial score (nSPS) is 10.8. The Kier molecular flexibility index (Phi) is 5.05. The molecule has 1 aromatic rings. The maximum absolute atomic E-state index is 11.6. The van der Waals surface area contributed by atoms with Crippen LogP contribution in [0.25, 0.3) is 0 Å². The van der Waals surface area contributed by atoms with Crippen molar-refractivity contribution in [2.45, 2.75) is 19.9 Å². The van der Waals surface area contributed by atoms with Gasteiger partial charge in [-0.25, -0.2) is 0 Å². The van der Waals surface area contributed by atoms with Crippen molar-refractivity contribution in [1.29, 1.82) is 0 Å². The van der Waals surface area contributed by atoms with Crippen LogP contribution in [0.15, 0.2) is 23.1 Å². The summed E-state index contributed by atoms with van der Waals surface area (Å²) in [7, 11) is 4.08. The highest BCUT2D eigenvalue weighted by Crippen LogP contribution is 2.02. The summed E-state index contributed by atoms with van der Waals surface area (Å²) < 4.78 is 1.77. The van der Waals surface area contributed by atoms with Crippen LogP contribution < -0.4 is 10.9 Å². The first-order valence-electron chi connectivity index (χ1n) is 5.72. The smallest absolute Gasteiger partial charge is 0.250 e. The van der Waals surface area contributed by atoms with Gasteiger partial charge in [0.2, 0.25) is 0 Å². The van der Waals surface area contributed by atoms with Crippen LogP contribution in [0.3, 0.4) is 0 Å². The highest BCUT2D eigenvalue weighted by molar-refractivity contribution is 5.39. The Morgan fingerprint density at radius 3 is 2.75 bits per heavy atom. The second kappa shape index (κ2) is 6.33. The van der Waals surface area contributed by atoms with E-state index in [4.69, 9.17) is 0 Å². The minimum absolute atomic E-state index is 0.0698. The first kappa shape index (κ1) is 12.8. The summed E-state index contributed by atoms with van der Waals surface area (Å²) in [5, 5.41) is 3.20. The summed E-state index contributed by atoms with van der Waals surface area (Å²) in [4.78, 5) is 13.7. The van der Waals surface area contributed by atoms with Gasteiger partial charge in [-0.3, -0.25) is 4.79 Å². The second-order valence-electron chi connectivity index (χ2n) is 4.14. The average Bonchev–Trinajstić information content (AvgIpc) is 2.22. The molecule has 0 aliphatic heterocycles. The zero-order valence-electron chi connectivity index (χ0n) is 10.4. The molecule has 4 nitrogen and oxygen atoms in total. The quantitative estimate of drug-likeness (QED) is 0.788. The molecular weight excluding hydrogens is 202 g/mol. The van der Waals surface area contributed by atoms with Crippen LogP contribution in [0, 0.1) is 0 Å². The number of nitrogens with one attached hydrogen (secondary N) is 1. The van der Waals surface area contributed by atoms with Gasteiger partial charge < -0.3 is 14.8 Å². The maximum atomic E-state index is 11.6. The molecule has 0 saturated heterocycles. The number of hydrogen-bond donors (Lipinski definition) is 1. The van der Waals surface area contributed by atoms with Crippen molar-refractivity contribution in [2.75, 3.05) is 32.5 Å². The Bertz CT molecular complexity index is 371. The van der Waals surface area contributed by atoms with Gasteiger partial charge in [-0.2, -0.15) is 0 Å². The van der Waals surface area contributed by atoms with Gasteiger partial charge >= 0.3 is 0 Å². The van der Waals surface area contributed by atoms with Crippen molar-refractivity contribution in [3.05, 3.63) is 28.7 Å². The van der Waals surface area contributed by atoms with Gasteiger partial charge in [-0.15, -0.1) is 0 Å². The summed E-state index contributed by atoms with van der Waals surface area (Å²) in [6.07, 6.45) is 2.88. The minimum Gasteiger partial charge on any atom is -0.384 e. The number of aryl methyl sites for hydroxylation is 1. The van der Waals surface area contributed by atoms with E-state index in [1.807, 2.05) is 33.3 Å². The Hall–Kier alpha value is -1.29. The van der Waals surface area contributed by atoms with Crippen molar-refractivity contribution in [3.8, 4) is 0 Å². The molecule has 0 saturated carbocycles. The topological polar surface area (TPSA) is 37.3 Å². The number of anilines is 1. The summed E-state index contributed by atoms with van der Waals surface area (Å²) in [5.74, 6) is 0. The number of aromatic nitrogens is 1. The zero-order chi connectivity index (χ0) is 12.0. The summed E-state index contributed by atoms with van der Waals surface area (Å²) >= 11 is 0. The molecule has 1 heterocycles. The third-order valence-electron chi connectivity index (χ3n) is 2.37. The predicted molar refractivity (Wildman–Crippen MR) is 68.0 cm³/mol. The molecule has 0 fully saturated rings. The van der Waals surface area contributed by atoms with E-state index in [0.717, 1.165) is 31.7 Å². The lowest BCUT2D eigenvalue weighted by atomic mass is 10.3. The van der Waals surface area contributed by atoms with Crippen LogP contribution in [0.4, 0.5) is 5.69 Å². The molecule has 0 aliphatic rings. The van der Waals surface area contributed by atoms with Crippen molar-refractivity contribution >= 4 is 5.69 Å². The lowest BCUT2D eigenvalue weighted by molar-refractivity contribution is 0.385. The molecule has 1 N–H and O–H groups in total. The first-order chi connectivity index (χ1) is 7.63. The molecular formula is C12H21N3O. The van der Waals surface area contributed by atoms with Crippen LogP contribution in [-0.2, 0) is 6.54 Å². The highest BCUT2D eigenvalue weighted by atomic mass is 16.1. The van der Waals surface area contributed by atoms with E-state index in [1.165, 1.54) is 0 Å². The molecule has 1 rings (SSSR count).